The van der Waals surface area contributed by atoms with Gasteiger partial charge in [0.25, 0.3) is 0 Å². The highest BCUT2D eigenvalue weighted by atomic mass is 16.7. The van der Waals surface area contributed by atoms with E-state index in [4.69, 9.17) is 56.8 Å². The molecule has 10 atom stereocenters. The van der Waals surface area contributed by atoms with Crippen LogP contribution in [0.25, 0.3) is 0 Å². The number of hydrogen-bond acceptors (Lipinski definition) is 12. The van der Waals surface area contributed by atoms with Gasteiger partial charge in [-0.2, -0.15) is 0 Å². The summed E-state index contributed by atoms with van der Waals surface area (Å²) in [6.45, 7) is 2.64. The van der Waals surface area contributed by atoms with Crippen LogP contribution in [0.4, 0.5) is 0 Å². The quantitative estimate of drug-likeness (QED) is 0.0400. The van der Waals surface area contributed by atoms with E-state index in [1.54, 1.807) is 0 Å². The molecule has 0 N–H and O–H groups in total. The maximum Gasteiger partial charge on any atom is 0.228 e. The van der Waals surface area contributed by atoms with Crippen LogP contribution in [0.5, 0.6) is 0 Å². The van der Waals surface area contributed by atoms with Crippen molar-refractivity contribution in [1.82, 2.24) is 0 Å². The lowest BCUT2D eigenvalue weighted by Crippen LogP contribution is -2.61. The molecule has 0 bridgehead atoms. The summed E-state index contributed by atoms with van der Waals surface area (Å²) >= 11 is 0. The van der Waals surface area contributed by atoms with Gasteiger partial charge in [-0.05, 0) is 44.5 Å². The van der Waals surface area contributed by atoms with Gasteiger partial charge in [0, 0.05) is 0 Å². The number of rotatable bonds is 30. The molecular formula is C70H72O12. The Labute approximate surface area is 482 Å². The standard InChI is InChI=1S/C70H72O12/c1-9-25-53(26-10-1)43-71-51-61-63(75-45-55-29-13-3-14-30-55)65(77-47-57-33-17-5-18-34-57)67(79-49-59-37-21-7-22-38-59)69(81-61)73-41-42-74-70-68(80-50-60-39-23-8-24-40-60)66(78-48-58-35-19-6-20-36-58)64(76-46-56-31-15-4-16-32-56)62(82-70)52-72-44-54-27-11-2-12-28-54/h1-42,61-70H,43-52H2/b42-41-/t61-,62-,63-,64-,65+,66+,67-,68-,69-,70-/m1/s1. The molecule has 10 rings (SSSR count). The summed E-state index contributed by atoms with van der Waals surface area (Å²) in [5.41, 5.74) is 7.94. The van der Waals surface area contributed by atoms with Gasteiger partial charge in [0.05, 0.1) is 66.1 Å². The molecule has 82 heavy (non-hydrogen) atoms. The first-order valence-electron chi connectivity index (χ1n) is 28.1. The summed E-state index contributed by atoms with van der Waals surface area (Å²) < 4.78 is 81.8. The van der Waals surface area contributed by atoms with E-state index in [0.717, 1.165) is 44.5 Å². The minimum atomic E-state index is -1.04. The van der Waals surface area contributed by atoms with Crippen molar-refractivity contribution in [3.05, 3.63) is 300 Å². The van der Waals surface area contributed by atoms with Gasteiger partial charge in [0.1, 0.15) is 61.4 Å². The molecular weight excluding hydrogens is 1030 g/mol. The second kappa shape index (κ2) is 31.8. The maximum absolute atomic E-state index is 6.98. The molecule has 0 unspecified atom stereocenters. The Morgan fingerprint density at radius 1 is 0.244 bits per heavy atom. The summed E-state index contributed by atoms with van der Waals surface area (Å²) in [4.78, 5) is 0. The van der Waals surface area contributed by atoms with E-state index in [2.05, 4.69) is 0 Å². The first kappa shape index (κ1) is 57.9. The zero-order valence-electron chi connectivity index (χ0n) is 46.0. The van der Waals surface area contributed by atoms with Crippen molar-refractivity contribution in [3.8, 4) is 0 Å². The highest BCUT2D eigenvalue weighted by Crippen LogP contribution is 2.34. The molecule has 2 fully saturated rings. The Morgan fingerprint density at radius 2 is 0.451 bits per heavy atom. The average Bonchev–Trinajstić information content (AvgIpc) is 3.69. The predicted molar refractivity (Wildman–Crippen MR) is 311 cm³/mol. The number of ether oxygens (including phenoxy) is 12. The Bertz CT molecular complexity index is 2800. The van der Waals surface area contributed by atoms with E-state index >= 15 is 0 Å². The van der Waals surface area contributed by atoms with Crippen molar-refractivity contribution >= 4 is 0 Å². The van der Waals surface area contributed by atoms with E-state index in [9.17, 15) is 0 Å². The predicted octanol–water partition coefficient (Wildman–Crippen LogP) is 12.9. The van der Waals surface area contributed by atoms with Crippen LogP contribution in [0.15, 0.2) is 255 Å². The minimum absolute atomic E-state index is 0.160. The van der Waals surface area contributed by atoms with Crippen LogP contribution in [0.2, 0.25) is 0 Å². The topological polar surface area (TPSA) is 111 Å². The van der Waals surface area contributed by atoms with Crippen molar-refractivity contribution < 1.29 is 56.8 Å². The lowest BCUT2D eigenvalue weighted by atomic mass is 9.97. The fourth-order valence-corrected chi connectivity index (χ4v) is 9.93. The normalized spacial score (nSPS) is 22.6. The van der Waals surface area contributed by atoms with Gasteiger partial charge >= 0.3 is 0 Å². The molecule has 2 aliphatic heterocycles. The van der Waals surface area contributed by atoms with Gasteiger partial charge in [-0.25, -0.2) is 0 Å². The Balaban J connectivity index is 0.959. The van der Waals surface area contributed by atoms with Crippen LogP contribution in [-0.4, -0.2) is 74.6 Å². The number of benzene rings is 8. The lowest BCUT2D eigenvalue weighted by Gasteiger charge is -2.46. The molecule has 0 aromatic heterocycles. The zero-order chi connectivity index (χ0) is 55.6. The van der Waals surface area contributed by atoms with E-state index in [1.807, 2.05) is 243 Å². The van der Waals surface area contributed by atoms with Crippen molar-refractivity contribution in [2.24, 2.45) is 0 Å². The largest absolute Gasteiger partial charge is 0.466 e. The average molecular weight is 1110 g/mol. The smallest absolute Gasteiger partial charge is 0.228 e. The highest BCUT2D eigenvalue weighted by Gasteiger charge is 2.51. The molecule has 2 aliphatic rings. The molecule has 424 valence electrons. The van der Waals surface area contributed by atoms with Gasteiger partial charge in [0.2, 0.25) is 12.6 Å². The fraction of sp³-hybridized carbons (Fsp3) is 0.286. The van der Waals surface area contributed by atoms with E-state index < -0.39 is 61.4 Å². The van der Waals surface area contributed by atoms with Crippen LogP contribution < -0.4 is 0 Å². The lowest BCUT2D eigenvalue weighted by molar-refractivity contribution is -0.322. The second-order valence-corrected chi connectivity index (χ2v) is 20.2. The summed E-state index contributed by atoms with van der Waals surface area (Å²) in [6, 6.07) is 80.2. The molecule has 2 heterocycles. The SMILES string of the molecule is C(=C/O[C@@H]1O[C@H](COCc2ccccc2)[C@@H](OCc2ccccc2)[C@H](OCc2ccccc2)[C@H]1OCc1ccccc1)/O[C@@H]1O[C@H](COCc2ccccc2)[C@@H](OCc2ccccc2)[C@H](OCc2ccccc2)[C@H]1OCc1ccccc1. The molecule has 0 amide bonds. The molecule has 12 nitrogen and oxygen atoms in total. The molecule has 0 spiro atoms. The van der Waals surface area contributed by atoms with Crippen molar-refractivity contribution in [2.45, 2.75) is 114 Å². The maximum atomic E-state index is 6.98. The summed E-state index contributed by atoms with van der Waals surface area (Å²) in [7, 11) is 0. The Hall–Kier alpha value is -7.30. The molecule has 0 aliphatic carbocycles. The molecule has 8 aromatic rings. The van der Waals surface area contributed by atoms with Crippen molar-refractivity contribution in [2.75, 3.05) is 13.2 Å². The fourth-order valence-electron chi connectivity index (χ4n) is 9.93. The van der Waals surface area contributed by atoms with Gasteiger partial charge in [-0.15, -0.1) is 0 Å². The van der Waals surface area contributed by atoms with E-state index in [0.29, 0.717) is 26.4 Å². The Morgan fingerprint density at radius 3 is 0.695 bits per heavy atom. The van der Waals surface area contributed by atoms with Crippen LogP contribution in [-0.2, 0) is 110 Å². The third-order valence-electron chi connectivity index (χ3n) is 14.2. The first-order valence-corrected chi connectivity index (χ1v) is 28.1. The van der Waals surface area contributed by atoms with Gasteiger partial charge in [0.15, 0.2) is 0 Å². The third-order valence-corrected chi connectivity index (χ3v) is 14.2. The van der Waals surface area contributed by atoms with E-state index in [1.165, 1.54) is 12.5 Å². The monoisotopic (exact) mass is 1100 g/mol. The zero-order valence-corrected chi connectivity index (χ0v) is 46.0. The molecule has 12 heteroatoms. The van der Waals surface area contributed by atoms with Crippen molar-refractivity contribution in [3.63, 3.8) is 0 Å². The van der Waals surface area contributed by atoms with Crippen LogP contribution in [0, 0.1) is 0 Å². The van der Waals surface area contributed by atoms with Gasteiger partial charge in [-0.1, -0.05) is 243 Å². The van der Waals surface area contributed by atoms with Crippen LogP contribution >= 0.6 is 0 Å². The second-order valence-electron chi connectivity index (χ2n) is 20.2. The molecule has 0 saturated carbocycles. The minimum Gasteiger partial charge on any atom is -0.466 e. The van der Waals surface area contributed by atoms with Crippen molar-refractivity contribution in [1.29, 1.82) is 0 Å². The highest BCUT2D eigenvalue weighted by molar-refractivity contribution is 5.20. The third kappa shape index (κ3) is 17.6. The molecule has 8 aromatic carbocycles. The Kier molecular flexibility index (Phi) is 22.5. The summed E-state index contributed by atoms with van der Waals surface area (Å²) in [5.74, 6) is 0. The molecule has 2 saturated heterocycles. The van der Waals surface area contributed by atoms with Crippen LogP contribution in [0.1, 0.15) is 44.5 Å². The molecule has 0 radical (unpaired) electrons. The van der Waals surface area contributed by atoms with E-state index in [-0.39, 0.29) is 39.6 Å². The summed E-state index contributed by atoms with van der Waals surface area (Å²) in [5, 5.41) is 0. The van der Waals surface area contributed by atoms with Gasteiger partial charge < -0.3 is 56.8 Å². The first-order chi connectivity index (χ1) is 40.7. The number of hydrogen-bond donors (Lipinski definition) is 0. The van der Waals surface area contributed by atoms with Crippen LogP contribution in [0.3, 0.4) is 0 Å². The summed E-state index contributed by atoms with van der Waals surface area (Å²) in [6.07, 6.45) is -4.90. The van der Waals surface area contributed by atoms with Gasteiger partial charge in [-0.3, -0.25) is 0 Å².